The molecule has 6 bridgehead atoms. The molecule has 0 amide bonds. The molecule has 46 heavy (non-hydrogen) atoms. The summed E-state index contributed by atoms with van der Waals surface area (Å²) in [6.45, 7) is 0. The van der Waals surface area contributed by atoms with Crippen molar-refractivity contribution >= 4 is 55.8 Å². The van der Waals surface area contributed by atoms with Gasteiger partial charge in [0.1, 0.15) is 0 Å². The van der Waals surface area contributed by atoms with Crippen LogP contribution in [0.3, 0.4) is 0 Å². The lowest BCUT2D eigenvalue weighted by atomic mass is 10.1. The van der Waals surface area contributed by atoms with E-state index in [-0.39, 0.29) is 0 Å². The monoisotopic (exact) mass is 630 g/mol. The van der Waals surface area contributed by atoms with Crippen LogP contribution in [0.2, 0.25) is 5.02 Å². The average Bonchev–Trinajstić information content (AvgIpc) is 3.12. The van der Waals surface area contributed by atoms with Crippen LogP contribution >= 0.6 is 21.6 Å². The predicted molar refractivity (Wildman–Crippen MR) is 194 cm³/mol. The first-order valence-electron chi connectivity index (χ1n) is 15.4. The Morgan fingerprint density at radius 2 is 0.652 bits per heavy atom. The number of fused-ring (bicyclic) bond motifs is 6. The molecule has 8 rings (SSSR count). The minimum absolute atomic E-state index is 0.677. The Hall–Kier alpha value is -5.22. The lowest BCUT2D eigenvalue weighted by molar-refractivity contribution is 1.19. The van der Waals surface area contributed by atoms with Gasteiger partial charge in [0.2, 0.25) is 0 Å². The van der Waals surface area contributed by atoms with Crippen LogP contribution in [0.15, 0.2) is 208 Å². The highest BCUT2D eigenvalue weighted by molar-refractivity contribution is 8.34. The number of anilines is 6. The fraction of sp³-hybridized carbons (Fsp3) is 0. The number of benzene rings is 7. The standard InChI is InChI=1S/C42H31ClN2S/c43-42-40-28-15-29-41(42)45(33-18-7-2-8-19-33)35-21-14-27-39(31-35)46(36-22-9-3-10-23-36,37-24-11-4-12-25-37)38-26-13-20-34(30-38)44(40)32-16-5-1-6-17-32/h1-31H. The molecule has 4 heteroatoms. The van der Waals surface area contributed by atoms with E-state index in [1.165, 1.54) is 19.6 Å². The Kier molecular flexibility index (Phi) is 7.34. The number of rotatable bonds is 4. The Labute approximate surface area is 277 Å². The molecule has 2 nitrogen and oxygen atoms in total. The van der Waals surface area contributed by atoms with Crippen LogP contribution in [0.4, 0.5) is 34.1 Å². The Balaban J connectivity index is 1.55. The minimum atomic E-state index is -1.95. The van der Waals surface area contributed by atoms with Crippen molar-refractivity contribution in [3.63, 3.8) is 0 Å². The van der Waals surface area contributed by atoms with Gasteiger partial charge in [-0.05, 0) is 97.1 Å². The largest absolute Gasteiger partial charge is 0.309 e. The van der Waals surface area contributed by atoms with Crippen molar-refractivity contribution < 1.29 is 0 Å². The second kappa shape index (κ2) is 11.9. The van der Waals surface area contributed by atoms with Gasteiger partial charge in [0, 0.05) is 42.3 Å². The quantitative estimate of drug-likeness (QED) is 0.191. The van der Waals surface area contributed by atoms with Crippen LogP contribution < -0.4 is 9.80 Å². The molecule has 222 valence electrons. The molecule has 0 atom stereocenters. The van der Waals surface area contributed by atoms with Crippen LogP contribution in [-0.4, -0.2) is 0 Å². The zero-order valence-corrected chi connectivity index (χ0v) is 26.7. The van der Waals surface area contributed by atoms with Crippen LogP contribution in [-0.2, 0) is 0 Å². The van der Waals surface area contributed by atoms with Gasteiger partial charge in [0.05, 0.1) is 16.4 Å². The maximum atomic E-state index is 7.52. The molecule has 0 aromatic heterocycles. The minimum Gasteiger partial charge on any atom is -0.309 e. The van der Waals surface area contributed by atoms with E-state index in [1.807, 2.05) is 0 Å². The predicted octanol–water partition coefficient (Wildman–Crippen LogP) is 12.9. The van der Waals surface area contributed by atoms with E-state index in [4.69, 9.17) is 11.6 Å². The van der Waals surface area contributed by atoms with E-state index >= 15 is 0 Å². The Bertz CT molecular complexity index is 1970. The molecule has 0 saturated carbocycles. The number of halogens is 1. The fourth-order valence-electron chi connectivity index (χ4n) is 6.55. The van der Waals surface area contributed by atoms with Crippen molar-refractivity contribution in [2.24, 2.45) is 0 Å². The van der Waals surface area contributed by atoms with Gasteiger partial charge in [-0.25, -0.2) is 0 Å². The maximum Gasteiger partial charge on any atom is 0.0887 e. The van der Waals surface area contributed by atoms with Gasteiger partial charge in [-0.2, -0.15) is 0 Å². The normalized spacial score (nSPS) is 14.1. The summed E-state index contributed by atoms with van der Waals surface area (Å²) < 4.78 is 0. The number of nitrogens with zero attached hydrogens (tertiary/aromatic N) is 2. The van der Waals surface area contributed by atoms with Crippen molar-refractivity contribution in [1.29, 1.82) is 0 Å². The topological polar surface area (TPSA) is 6.48 Å². The van der Waals surface area contributed by atoms with Crippen molar-refractivity contribution in [1.82, 2.24) is 0 Å². The van der Waals surface area contributed by atoms with E-state index in [1.54, 1.807) is 0 Å². The molecule has 0 spiro atoms. The van der Waals surface area contributed by atoms with Crippen molar-refractivity contribution in [3.05, 3.63) is 193 Å². The lowest BCUT2D eigenvalue weighted by Gasteiger charge is -2.43. The first kappa shape index (κ1) is 28.3. The van der Waals surface area contributed by atoms with Gasteiger partial charge in [0.15, 0.2) is 0 Å². The zero-order valence-electron chi connectivity index (χ0n) is 25.1. The van der Waals surface area contributed by atoms with Crippen LogP contribution in [0.5, 0.6) is 0 Å². The summed E-state index contributed by atoms with van der Waals surface area (Å²) in [6.07, 6.45) is 0. The summed E-state index contributed by atoms with van der Waals surface area (Å²) in [7, 11) is -1.95. The third kappa shape index (κ3) is 4.68. The van der Waals surface area contributed by atoms with Gasteiger partial charge in [-0.1, -0.05) is 103 Å². The van der Waals surface area contributed by atoms with Gasteiger partial charge in [0.25, 0.3) is 0 Å². The van der Waals surface area contributed by atoms with Crippen molar-refractivity contribution in [2.45, 2.75) is 19.6 Å². The maximum absolute atomic E-state index is 7.52. The van der Waals surface area contributed by atoms with E-state index < -0.39 is 10.0 Å². The number of hydrogen-bond donors (Lipinski definition) is 0. The van der Waals surface area contributed by atoms with Gasteiger partial charge >= 0.3 is 0 Å². The molecule has 1 aliphatic heterocycles. The third-order valence-corrected chi connectivity index (χ3v) is 12.8. The molecular formula is C42H31ClN2S. The van der Waals surface area contributed by atoms with Gasteiger partial charge in [-0.15, -0.1) is 10.0 Å². The molecule has 0 radical (unpaired) electrons. The molecule has 7 aromatic carbocycles. The number of hydrogen-bond acceptors (Lipinski definition) is 2. The average molecular weight is 631 g/mol. The van der Waals surface area contributed by atoms with Crippen LogP contribution in [0, 0.1) is 0 Å². The van der Waals surface area contributed by atoms with Gasteiger partial charge in [-0.3, -0.25) is 0 Å². The van der Waals surface area contributed by atoms with E-state index in [0.29, 0.717) is 5.02 Å². The molecular weight excluding hydrogens is 600 g/mol. The highest BCUT2D eigenvalue weighted by Crippen LogP contribution is 2.74. The van der Waals surface area contributed by atoms with E-state index in [2.05, 4.69) is 198 Å². The zero-order chi connectivity index (χ0) is 30.9. The smallest absolute Gasteiger partial charge is 0.0887 e. The van der Waals surface area contributed by atoms with E-state index in [9.17, 15) is 0 Å². The molecule has 0 unspecified atom stereocenters. The molecule has 1 aliphatic rings. The molecule has 1 heterocycles. The molecule has 0 N–H and O–H groups in total. The molecule has 0 aliphatic carbocycles. The van der Waals surface area contributed by atoms with Crippen LogP contribution in [0.1, 0.15) is 0 Å². The van der Waals surface area contributed by atoms with Crippen LogP contribution in [0.25, 0.3) is 0 Å². The highest BCUT2D eigenvalue weighted by atomic mass is 35.5. The lowest BCUT2D eigenvalue weighted by Crippen LogP contribution is -2.16. The van der Waals surface area contributed by atoms with Crippen molar-refractivity contribution in [2.75, 3.05) is 9.80 Å². The van der Waals surface area contributed by atoms with Gasteiger partial charge < -0.3 is 9.80 Å². The molecule has 7 aromatic rings. The summed E-state index contributed by atoms with van der Waals surface area (Å²) >= 11 is 7.52. The SMILES string of the molecule is Clc1c2cccc1N(c1ccccc1)c1cccc(c1)S(c1ccccc1)(c1ccccc1)c1cccc(c1)N2c1ccccc1. The summed E-state index contributed by atoms with van der Waals surface area (Å²) in [5, 5.41) is 0.677. The first-order valence-corrected chi connectivity index (χ1v) is 17.4. The van der Waals surface area contributed by atoms with E-state index in [0.717, 1.165) is 34.1 Å². The third-order valence-electron chi connectivity index (χ3n) is 8.52. The summed E-state index contributed by atoms with van der Waals surface area (Å²) in [4.78, 5) is 9.63. The number of para-hydroxylation sites is 2. The summed E-state index contributed by atoms with van der Waals surface area (Å²) in [5.74, 6) is 0. The second-order valence-corrected chi connectivity index (χ2v) is 14.7. The Morgan fingerprint density at radius 1 is 0.326 bits per heavy atom. The Morgan fingerprint density at radius 3 is 1.07 bits per heavy atom. The second-order valence-electron chi connectivity index (χ2n) is 11.2. The molecule has 0 saturated heterocycles. The first-order chi connectivity index (χ1) is 22.7. The molecule has 0 fully saturated rings. The summed E-state index contributed by atoms with van der Waals surface area (Å²) in [6, 6.07) is 67.5. The summed E-state index contributed by atoms with van der Waals surface area (Å²) in [5.41, 5.74) is 6.02. The van der Waals surface area contributed by atoms with Crippen molar-refractivity contribution in [3.8, 4) is 0 Å². The highest BCUT2D eigenvalue weighted by Gasteiger charge is 2.35. The fourth-order valence-corrected chi connectivity index (χ4v) is 10.8.